The molecule has 0 bridgehead atoms. The molecule has 2 rings (SSSR count). The summed E-state index contributed by atoms with van der Waals surface area (Å²) in [4.78, 5) is 57.8. The fourth-order valence-corrected chi connectivity index (χ4v) is 2.18. The molecule has 0 saturated carbocycles. The summed E-state index contributed by atoms with van der Waals surface area (Å²) in [5, 5.41) is 15.4. The molecule has 0 atom stereocenters. The molecule has 1 aliphatic heterocycles. The largest absolute Gasteiger partial charge is 0.454 e. The Morgan fingerprint density at radius 1 is 1.35 bits per heavy atom. The number of hydrogen-bond donors (Lipinski definition) is 2. The maximum absolute atomic E-state index is 11.9. The lowest BCUT2D eigenvalue weighted by atomic mass is 10.1. The van der Waals surface area contributed by atoms with Gasteiger partial charge >= 0.3 is 12.0 Å². The van der Waals surface area contributed by atoms with Gasteiger partial charge in [-0.05, 0) is 19.9 Å². The van der Waals surface area contributed by atoms with Crippen LogP contribution in [0.2, 0.25) is 0 Å². The van der Waals surface area contributed by atoms with E-state index >= 15 is 0 Å². The van der Waals surface area contributed by atoms with E-state index < -0.39 is 47.4 Å². The standard InChI is InChI=1S/C15H16N4O7/c1-15(2)13(22)18(14(23)17-15)7-12(21)26-8-11(20)16-9-4-3-5-10(6-9)19(24)25/h3-6H,7-8H2,1-2H3,(H,16,20)(H,17,23). The zero-order valence-corrected chi connectivity index (χ0v) is 14.0. The van der Waals surface area contributed by atoms with Crippen LogP contribution >= 0.6 is 0 Å². The quantitative estimate of drug-likeness (QED) is 0.321. The van der Waals surface area contributed by atoms with Gasteiger partial charge in [-0.1, -0.05) is 6.07 Å². The highest BCUT2D eigenvalue weighted by Crippen LogP contribution is 2.17. The fraction of sp³-hybridized carbons (Fsp3) is 0.333. The minimum atomic E-state index is -1.11. The lowest BCUT2D eigenvalue weighted by Gasteiger charge is -2.15. The minimum Gasteiger partial charge on any atom is -0.454 e. The van der Waals surface area contributed by atoms with Crippen LogP contribution < -0.4 is 10.6 Å². The molecule has 1 aliphatic rings. The lowest BCUT2D eigenvalue weighted by Crippen LogP contribution is -2.41. The number of carbonyl (C=O) groups excluding carboxylic acids is 4. The van der Waals surface area contributed by atoms with Crippen LogP contribution in [0.5, 0.6) is 0 Å². The summed E-state index contributed by atoms with van der Waals surface area (Å²) in [7, 11) is 0. The Balaban J connectivity index is 1.85. The van der Waals surface area contributed by atoms with E-state index in [2.05, 4.69) is 10.6 Å². The van der Waals surface area contributed by atoms with Crippen molar-refractivity contribution in [3.05, 3.63) is 34.4 Å². The molecule has 11 heteroatoms. The van der Waals surface area contributed by atoms with E-state index in [1.807, 2.05) is 0 Å². The average molecular weight is 364 g/mol. The van der Waals surface area contributed by atoms with Crippen molar-refractivity contribution in [1.29, 1.82) is 0 Å². The van der Waals surface area contributed by atoms with Crippen LogP contribution in [-0.4, -0.2) is 52.3 Å². The van der Waals surface area contributed by atoms with Gasteiger partial charge in [0.25, 0.3) is 17.5 Å². The van der Waals surface area contributed by atoms with E-state index in [1.165, 1.54) is 32.0 Å². The Labute approximate surface area is 147 Å². The number of carbonyl (C=O) groups is 4. The Kier molecular flexibility index (Phi) is 5.19. The van der Waals surface area contributed by atoms with E-state index in [0.29, 0.717) is 4.90 Å². The molecule has 0 aromatic heterocycles. The normalized spacial score (nSPS) is 15.4. The molecule has 1 aromatic rings. The molecule has 138 valence electrons. The molecule has 1 fully saturated rings. The highest BCUT2D eigenvalue weighted by molar-refractivity contribution is 6.08. The molecule has 0 spiro atoms. The first-order valence-corrected chi connectivity index (χ1v) is 7.44. The molecular weight excluding hydrogens is 348 g/mol. The van der Waals surface area contributed by atoms with Crippen LogP contribution in [0.3, 0.4) is 0 Å². The zero-order valence-electron chi connectivity index (χ0n) is 14.0. The molecule has 0 unspecified atom stereocenters. The Bertz CT molecular complexity index is 790. The van der Waals surface area contributed by atoms with Crippen LogP contribution in [0, 0.1) is 10.1 Å². The van der Waals surface area contributed by atoms with Crippen molar-refractivity contribution < 1.29 is 28.8 Å². The van der Waals surface area contributed by atoms with Gasteiger partial charge in [0, 0.05) is 17.8 Å². The molecular formula is C15H16N4O7. The second kappa shape index (κ2) is 7.17. The minimum absolute atomic E-state index is 0.163. The topological polar surface area (TPSA) is 148 Å². The number of nitrogens with one attached hydrogen (secondary N) is 2. The SMILES string of the molecule is CC1(C)NC(=O)N(CC(=O)OCC(=O)Nc2cccc([N+](=O)[O-])c2)C1=O. The number of nitrogens with zero attached hydrogens (tertiary/aromatic N) is 2. The highest BCUT2D eigenvalue weighted by atomic mass is 16.6. The molecule has 1 aromatic carbocycles. The third-order valence-corrected chi connectivity index (χ3v) is 3.44. The second-order valence-corrected chi connectivity index (χ2v) is 5.96. The van der Waals surface area contributed by atoms with E-state index in [-0.39, 0.29) is 11.4 Å². The third kappa shape index (κ3) is 4.32. The summed E-state index contributed by atoms with van der Waals surface area (Å²) in [6, 6.07) is 4.50. The van der Waals surface area contributed by atoms with Crippen molar-refractivity contribution in [2.24, 2.45) is 0 Å². The summed E-state index contributed by atoms with van der Waals surface area (Å²) in [5.74, 6) is -2.25. The predicted molar refractivity (Wildman–Crippen MR) is 87.0 cm³/mol. The van der Waals surface area contributed by atoms with Crippen LogP contribution in [-0.2, 0) is 19.1 Å². The van der Waals surface area contributed by atoms with E-state index in [9.17, 15) is 29.3 Å². The number of anilines is 1. The van der Waals surface area contributed by atoms with Gasteiger partial charge in [0.15, 0.2) is 6.61 Å². The number of nitro benzene ring substituents is 1. The smallest absolute Gasteiger partial charge is 0.326 e. The third-order valence-electron chi connectivity index (χ3n) is 3.44. The van der Waals surface area contributed by atoms with Crippen molar-refractivity contribution in [3.63, 3.8) is 0 Å². The van der Waals surface area contributed by atoms with Gasteiger partial charge in [-0.25, -0.2) is 4.79 Å². The van der Waals surface area contributed by atoms with Crippen LogP contribution in [0.15, 0.2) is 24.3 Å². The monoisotopic (exact) mass is 364 g/mol. The van der Waals surface area contributed by atoms with E-state index in [4.69, 9.17) is 4.74 Å². The van der Waals surface area contributed by atoms with Crippen LogP contribution in [0.4, 0.5) is 16.2 Å². The second-order valence-electron chi connectivity index (χ2n) is 5.96. The van der Waals surface area contributed by atoms with Crippen LogP contribution in [0.25, 0.3) is 0 Å². The molecule has 4 amide bonds. The molecule has 2 N–H and O–H groups in total. The zero-order chi connectivity index (χ0) is 19.5. The number of benzene rings is 1. The maximum atomic E-state index is 11.9. The first-order valence-electron chi connectivity index (χ1n) is 7.44. The van der Waals surface area contributed by atoms with Gasteiger partial charge in [0.05, 0.1) is 4.92 Å². The number of ether oxygens (including phenoxy) is 1. The Hall–Kier alpha value is -3.50. The van der Waals surface area contributed by atoms with E-state index in [0.717, 1.165) is 6.07 Å². The van der Waals surface area contributed by atoms with Gasteiger partial charge in [-0.15, -0.1) is 0 Å². The fourth-order valence-electron chi connectivity index (χ4n) is 2.18. The molecule has 11 nitrogen and oxygen atoms in total. The number of hydrogen-bond acceptors (Lipinski definition) is 7. The maximum Gasteiger partial charge on any atom is 0.326 e. The van der Waals surface area contributed by atoms with Gasteiger partial charge in [0.1, 0.15) is 12.1 Å². The van der Waals surface area contributed by atoms with Gasteiger partial charge in [0.2, 0.25) is 0 Å². The van der Waals surface area contributed by atoms with Gasteiger partial charge in [-0.3, -0.25) is 29.4 Å². The number of amides is 4. The van der Waals surface area contributed by atoms with Crippen molar-refractivity contribution in [2.75, 3.05) is 18.5 Å². The summed E-state index contributed by atoms with van der Waals surface area (Å²) >= 11 is 0. The summed E-state index contributed by atoms with van der Waals surface area (Å²) in [6.45, 7) is 1.68. The number of non-ortho nitro benzene ring substituents is 1. The first kappa shape index (κ1) is 18.8. The predicted octanol–water partition coefficient (Wildman–Crippen LogP) is 0.407. The Morgan fingerprint density at radius 3 is 2.62 bits per heavy atom. The van der Waals surface area contributed by atoms with Crippen LogP contribution in [0.1, 0.15) is 13.8 Å². The highest BCUT2D eigenvalue weighted by Gasteiger charge is 2.45. The van der Waals surface area contributed by atoms with Crippen molar-refractivity contribution in [3.8, 4) is 0 Å². The number of urea groups is 1. The summed E-state index contributed by atoms with van der Waals surface area (Å²) in [5.41, 5.74) is -1.16. The molecule has 26 heavy (non-hydrogen) atoms. The molecule has 1 saturated heterocycles. The van der Waals surface area contributed by atoms with Crippen molar-refractivity contribution >= 4 is 35.2 Å². The first-order chi connectivity index (χ1) is 12.1. The number of imide groups is 1. The number of nitro groups is 1. The Morgan fingerprint density at radius 2 is 2.04 bits per heavy atom. The van der Waals surface area contributed by atoms with Crippen molar-refractivity contribution in [2.45, 2.75) is 19.4 Å². The van der Waals surface area contributed by atoms with Gasteiger partial charge < -0.3 is 15.4 Å². The summed E-state index contributed by atoms with van der Waals surface area (Å²) < 4.78 is 4.72. The number of rotatable bonds is 6. The van der Waals surface area contributed by atoms with Crippen molar-refractivity contribution in [1.82, 2.24) is 10.2 Å². The molecule has 1 heterocycles. The van der Waals surface area contributed by atoms with E-state index in [1.54, 1.807) is 0 Å². The lowest BCUT2D eigenvalue weighted by molar-refractivity contribution is -0.384. The molecule has 0 radical (unpaired) electrons. The number of esters is 1. The van der Waals surface area contributed by atoms with Gasteiger partial charge in [-0.2, -0.15) is 0 Å². The molecule has 0 aliphatic carbocycles. The summed E-state index contributed by atoms with van der Waals surface area (Å²) in [6.07, 6.45) is 0. The average Bonchev–Trinajstić information content (AvgIpc) is 2.75.